The van der Waals surface area contributed by atoms with Gasteiger partial charge in [-0.2, -0.15) is 0 Å². The van der Waals surface area contributed by atoms with E-state index in [1.54, 1.807) is 0 Å². The first-order valence-corrected chi connectivity index (χ1v) is 10.3. The Morgan fingerprint density at radius 3 is 2.15 bits per heavy atom. The first kappa shape index (κ1) is 21.6. The molecule has 0 radical (unpaired) electrons. The molecular formula is C22H34N2O3. The lowest BCUT2D eigenvalue weighted by Crippen LogP contribution is -2.49. The Hall–Kier alpha value is -1.72. The van der Waals surface area contributed by atoms with E-state index in [2.05, 4.69) is 36.1 Å². The summed E-state index contributed by atoms with van der Waals surface area (Å²) in [6.45, 7) is 5.40. The molecule has 27 heavy (non-hydrogen) atoms. The molecule has 1 aromatic rings. The van der Waals surface area contributed by atoms with Gasteiger partial charge in [-0.3, -0.25) is 14.5 Å². The van der Waals surface area contributed by atoms with Gasteiger partial charge in [0.2, 0.25) is 5.91 Å². The summed E-state index contributed by atoms with van der Waals surface area (Å²) in [5.74, 6) is 0.198. The van der Waals surface area contributed by atoms with Crippen molar-refractivity contribution in [1.82, 2.24) is 9.80 Å². The molecule has 1 heterocycles. The van der Waals surface area contributed by atoms with Crippen LogP contribution in [0.2, 0.25) is 0 Å². The fourth-order valence-electron chi connectivity index (χ4n) is 3.67. The molecule has 2 rings (SSSR count). The number of benzene rings is 1. The number of hydrogen-bond acceptors (Lipinski definition) is 4. The SMILES string of the molecule is CC(c1ccccc1)N1CCN(C(=O)CCCCCCCC(=O)CO)CC1. The van der Waals surface area contributed by atoms with E-state index in [0.29, 0.717) is 18.9 Å². The molecule has 1 fully saturated rings. The molecule has 1 unspecified atom stereocenters. The predicted octanol–water partition coefficient (Wildman–Crippen LogP) is 3.18. The minimum atomic E-state index is -0.341. The van der Waals surface area contributed by atoms with Crippen LogP contribution in [0.5, 0.6) is 0 Å². The van der Waals surface area contributed by atoms with Crippen molar-refractivity contribution in [1.29, 1.82) is 0 Å². The number of piperazine rings is 1. The topological polar surface area (TPSA) is 60.9 Å². The summed E-state index contributed by atoms with van der Waals surface area (Å²) < 4.78 is 0. The van der Waals surface area contributed by atoms with Gasteiger partial charge in [-0.15, -0.1) is 0 Å². The van der Waals surface area contributed by atoms with E-state index >= 15 is 0 Å². The maximum absolute atomic E-state index is 12.4. The van der Waals surface area contributed by atoms with Crippen LogP contribution < -0.4 is 0 Å². The van der Waals surface area contributed by atoms with E-state index in [1.807, 2.05) is 11.0 Å². The maximum Gasteiger partial charge on any atom is 0.222 e. The minimum Gasteiger partial charge on any atom is -0.389 e. The van der Waals surface area contributed by atoms with Crippen molar-refractivity contribution in [3.63, 3.8) is 0 Å². The molecule has 150 valence electrons. The molecule has 0 aromatic heterocycles. The number of carbonyl (C=O) groups excluding carboxylic acids is 2. The summed E-state index contributed by atoms with van der Waals surface area (Å²) in [5.41, 5.74) is 1.33. The monoisotopic (exact) mass is 374 g/mol. The van der Waals surface area contributed by atoms with Crippen molar-refractivity contribution < 1.29 is 14.7 Å². The van der Waals surface area contributed by atoms with E-state index in [-0.39, 0.29) is 18.3 Å². The number of carbonyl (C=O) groups is 2. The number of hydrogen-bond donors (Lipinski definition) is 1. The van der Waals surface area contributed by atoms with Gasteiger partial charge in [-0.05, 0) is 25.3 Å². The highest BCUT2D eigenvalue weighted by Gasteiger charge is 2.24. The number of aliphatic hydroxyl groups excluding tert-OH is 1. The molecule has 1 aliphatic heterocycles. The van der Waals surface area contributed by atoms with Crippen molar-refractivity contribution in [2.75, 3.05) is 32.8 Å². The second kappa shape index (κ2) is 11.9. The van der Waals surface area contributed by atoms with Gasteiger partial charge in [0.15, 0.2) is 5.78 Å². The molecule has 1 atom stereocenters. The zero-order valence-electron chi connectivity index (χ0n) is 16.6. The summed E-state index contributed by atoms with van der Waals surface area (Å²) in [6.07, 6.45) is 5.95. The van der Waals surface area contributed by atoms with Crippen LogP contribution in [0.3, 0.4) is 0 Å². The zero-order valence-corrected chi connectivity index (χ0v) is 16.6. The molecule has 1 saturated heterocycles. The van der Waals surface area contributed by atoms with Crippen LogP contribution in [0.4, 0.5) is 0 Å². The normalized spacial score (nSPS) is 16.3. The van der Waals surface area contributed by atoms with Gasteiger partial charge in [-0.1, -0.05) is 49.6 Å². The van der Waals surface area contributed by atoms with Crippen molar-refractivity contribution in [2.45, 2.75) is 57.9 Å². The van der Waals surface area contributed by atoms with Gasteiger partial charge in [-0.25, -0.2) is 0 Å². The van der Waals surface area contributed by atoms with Gasteiger partial charge in [0.1, 0.15) is 6.61 Å². The quantitative estimate of drug-likeness (QED) is 0.604. The van der Waals surface area contributed by atoms with Crippen LogP contribution in [0.1, 0.15) is 63.5 Å². The molecular weight excluding hydrogens is 340 g/mol. The van der Waals surface area contributed by atoms with Crippen LogP contribution in [-0.2, 0) is 9.59 Å². The Balaban J connectivity index is 1.58. The lowest BCUT2D eigenvalue weighted by atomic mass is 10.1. The van der Waals surface area contributed by atoms with E-state index in [0.717, 1.165) is 58.3 Å². The summed E-state index contributed by atoms with van der Waals surface area (Å²) in [5, 5.41) is 8.67. The standard InChI is InChI=1S/C22H34N2O3/c1-19(20-10-6-5-7-11-20)23-14-16-24(17-15-23)22(27)13-9-4-2-3-8-12-21(26)18-25/h5-7,10-11,19,25H,2-4,8-9,12-18H2,1H3. The van der Waals surface area contributed by atoms with E-state index in [4.69, 9.17) is 5.11 Å². The Bertz CT molecular complexity index is 568. The number of unbranched alkanes of at least 4 members (excludes halogenated alkanes) is 4. The number of ketones is 1. The highest BCUT2D eigenvalue weighted by molar-refractivity contribution is 5.79. The average molecular weight is 375 g/mol. The highest BCUT2D eigenvalue weighted by atomic mass is 16.3. The van der Waals surface area contributed by atoms with Gasteiger partial charge >= 0.3 is 0 Å². The fraction of sp³-hybridized carbons (Fsp3) is 0.636. The van der Waals surface area contributed by atoms with E-state index < -0.39 is 0 Å². The summed E-state index contributed by atoms with van der Waals surface area (Å²) in [7, 11) is 0. The van der Waals surface area contributed by atoms with Crippen molar-refractivity contribution >= 4 is 11.7 Å². The third-order valence-corrected chi connectivity index (χ3v) is 5.52. The van der Waals surface area contributed by atoms with Crippen molar-refractivity contribution in [3.05, 3.63) is 35.9 Å². The van der Waals surface area contributed by atoms with Crippen molar-refractivity contribution in [2.24, 2.45) is 0 Å². The molecule has 1 aliphatic rings. The smallest absolute Gasteiger partial charge is 0.222 e. The number of amides is 1. The molecule has 5 nitrogen and oxygen atoms in total. The average Bonchev–Trinajstić information content (AvgIpc) is 2.72. The Kier molecular flexibility index (Phi) is 9.50. The second-order valence-electron chi connectivity index (χ2n) is 7.47. The molecule has 0 aliphatic carbocycles. The van der Waals surface area contributed by atoms with Gasteiger partial charge in [0.25, 0.3) is 0 Å². The summed E-state index contributed by atoms with van der Waals surface area (Å²) >= 11 is 0. The van der Waals surface area contributed by atoms with Gasteiger partial charge in [0.05, 0.1) is 0 Å². The summed E-state index contributed by atoms with van der Waals surface area (Å²) in [6, 6.07) is 10.9. The van der Waals surface area contributed by atoms with Gasteiger partial charge in [0, 0.05) is 45.1 Å². The molecule has 0 saturated carbocycles. The van der Waals surface area contributed by atoms with Crippen molar-refractivity contribution in [3.8, 4) is 0 Å². The van der Waals surface area contributed by atoms with Crippen LogP contribution in [0, 0.1) is 0 Å². The van der Waals surface area contributed by atoms with E-state index in [9.17, 15) is 9.59 Å². The second-order valence-corrected chi connectivity index (χ2v) is 7.47. The highest BCUT2D eigenvalue weighted by Crippen LogP contribution is 2.21. The Morgan fingerprint density at radius 1 is 0.926 bits per heavy atom. The predicted molar refractivity (Wildman–Crippen MR) is 107 cm³/mol. The Labute approximate surface area is 163 Å². The molecule has 1 N–H and O–H groups in total. The molecule has 5 heteroatoms. The largest absolute Gasteiger partial charge is 0.389 e. The molecule has 1 amide bonds. The number of rotatable bonds is 11. The number of aliphatic hydroxyl groups is 1. The van der Waals surface area contributed by atoms with Crippen LogP contribution in [0.25, 0.3) is 0 Å². The molecule has 1 aromatic carbocycles. The number of nitrogens with zero attached hydrogens (tertiary/aromatic N) is 2. The van der Waals surface area contributed by atoms with Crippen LogP contribution in [-0.4, -0.2) is 59.4 Å². The first-order chi connectivity index (χ1) is 13.1. The summed E-state index contributed by atoms with van der Waals surface area (Å²) in [4.78, 5) is 27.9. The molecule has 0 bridgehead atoms. The van der Waals surface area contributed by atoms with E-state index in [1.165, 1.54) is 5.56 Å². The first-order valence-electron chi connectivity index (χ1n) is 10.3. The third-order valence-electron chi connectivity index (χ3n) is 5.52. The minimum absolute atomic E-state index is 0.0779. The lowest BCUT2D eigenvalue weighted by Gasteiger charge is -2.38. The van der Waals surface area contributed by atoms with Crippen LogP contribution >= 0.6 is 0 Å². The zero-order chi connectivity index (χ0) is 19.5. The number of Topliss-reactive ketones (excluding diaryl/α,β-unsaturated/α-hetero) is 1. The Morgan fingerprint density at radius 2 is 1.52 bits per heavy atom. The molecule has 0 spiro atoms. The fourth-order valence-corrected chi connectivity index (χ4v) is 3.67. The van der Waals surface area contributed by atoms with Gasteiger partial charge < -0.3 is 10.0 Å². The van der Waals surface area contributed by atoms with Crippen LogP contribution in [0.15, 0.2) is 30.3 Å². The third kappa shape index (κ3) is 7.43. The lowest BCUT2D eigenvalue weighted by molar-refractivity contribution is -0.133. The maximum atomic E-state index is 12.4.